The first kappa shape index (κ1) is 17.0. The van der Waals surface area contributed by atoms with Gasteiger partial charge in [0.05, 0.1) is 18.8 Å². The number of nitrogens with two attached hydrogens (primary N) is 1. The van der Waals surface area contributed by atoms with E-state index in [2.05, 4.69) is 24.0 Å². The summed E-state index contributed by atoms with van der Waals surface area (Å²) < 4.78 is 6.00. The molecule has 0 unspecified atom stereocenters. The van der Waals surface area contributed by atoms with Crippen LogP contribution >= 0.6 is 0 Å². The van der Waals surface area contributed by atoms with E-state index in [9.17, 15) is 4.79 Å². The lowest BCUT2D eigenvalue weighted by molar-refractivity contribution is -0.124. The number of ether oxygens (including phenoxy) is 1. The molecule has 1 aromatic rings. The van der Waals surface area contributed by atoms with Crippen LogP contribution in [0.5, 0.6) is 0 Å². The molecule has 1 saturated heterocycles. The first-order valence-corrected chi connectivity index (χ1v) is 8.39. The van der Waals surface area contributed by atoms with Crippen LogP contribution in [-0.2, 0) is 16.1 Å². The summed E-state index contributed by atoms with van der Waals surface area (Å²) in [5, 5.41) is 0. The fraction of sp³-hybridized carbons (Fsp3) is 0.611. The Balaban J connectivity index is 1.75. The lowest BCUT2D eigenvalue weighted by Gasteiger charge is -2.36. The van der Waals surface area contributed by atoms with Crippen LogP contribution in [0, 0.1) is 0 Å². The number of piperidine rings is 1. The number of primary amides is 1. The fourth-order valence-corrected chi connectivity index (χ4v) is 3.04. The van der Waals surface area contributed by atoms with E-state index in [0.29, 0.717) is 6.61 Å². The minimum Gasteiger partial charge on any atom is -0.373 e. The van der Waals surface area contributed by atoms with Crippen molar-refractivity contribution in [2.45, 2.75) is 57.8 Å². The van der Waals surface area contributed by atoms with Gasteiger partial charge in [0.15, 0.2) is 0 Å². The normalized spacial score (nSPS) is 18.2. The van der Waals surface area contributed by atoms with Crippen LogP contribution in [0.3, 0.4) is 0 Å². The third-order valence-corrected chi connectivity index (χ3v) is 4.41. The molecule has 1 fully saturated rings. The highest BCUT2D eigenvalue weighted by Crippen LogP contribution is 2.19. The number of hydrogen-bond donors (Lipinski definition) is 1. The second-order valence-corrected chi connectivity index (χ2v) is 6.09. The highest BCUT2D eigenvalue weighted by Gasteiger charge is 2.28. The van der Waals surface area contributed by atoms with Crippen molar-refractivity contribution >= 4 is 5.91 Å². The van der Waals surface area contributed by atoms with Gasteiger partial charge in [0, 0.05) is 13.1 Å². The number of likely N-dealkylation sites (tertiary alicyclic amines) is 1. The number of unbranched alkanes of at least 4 members (excludes halogenated alkanes) is 1. The number of carbonyl (C=O) groups is 1. The van der Waals surface area contributed by atoms with Gasteiger partial charge in [0.1, 0.15) is 0 Å². The molecule has 0 saturated carbocycles. The van der Waals surface area contributed by atoms with E-state index in [1.54, 1.807) is 0 Å². The van der Waals surface area contributed by atoms with E-state index in [1.807, 2.05) is 18.2 Å². The Morgan fingerprint density at radius 1 is 1.32 bits per heavy atom. The van der Waals surface area contributed by atoms with Gasteiger partial charge >= 0.3 is 0 Å². The Morgan fingerprint density at radius 3 is 2.59 bits per heavy atom. The lowest BCUT2D eigenvalue weighted by Crippen LogP contribution is -2.49. The zero-order valence-electron chi connectivity index (χ0n) is 13.5. The monoisotopic (exact) mass is 304 g/mol. The summed E-state index contributed by atoms with van der Waals surface area (Å²) in [7, 11) is 0. The number of carbonyl (C=O) groups excluding carboxylic acids is 1. The summed E-state index contributed by atoms with van der Waals surface area (Å²) in [6, 6.07) is 10.2. The summed E-state index contributed by atoms with van der Waals surface area (Å²) in [6.07, 6.45) is 5.27. The Kier molecular flexibility index (Phi) is 6.87. The van der Waals surface area contributed by atoms with Gasteiger partial charge in [-0.05, 0) is 24.8 Å². The van der Waals surface area contributed by atoms with Gasteiger partial charge in [0.2, 0.25) is 5.91 Å². The molecule has 0 spiro atoms. The number of amides is 1. The van der Waals surface area contributed by atoms with E-state index in [1.165, 1.54) is 5.56 Å². The molecule has 4 nitrogen and oxygen atoms in total. The quantitative estimate of drug-likeness (QED) is 0.803. The van der Waals surface area contributed by atoms with Crippen LogP contribution in [0.4, 0.5) is 0 Å². The molecule has 1 amide bonds. The maximum atomic E-state index is 11.6. The van der Waals surface area contributed by atoms with Crippen molar-refractivity contribution in [1.29, 1.82) is 0 Å². The Labute approximate surface area is 133 Å². The van der Waals surface area contributed by atoms with Gasteiger partial charge in [-0.25, -0.2) is 0 Å². The van der Waals surface area contributed by atoms with Crippen molar-refractivity contribution in [2.75, 3.05) is 13.1 Å². The van der Waals surface area contributed by atoms with Gasteiger partial charge in [-0.3, -0.25) is 9.69 Å². The first-order valence-electron chi connectivity index (χ1n) is 8.39. The lowest BCUT2D eigenvalue weighted by atomic mass is 10.0. The van der Waals surface area contributed by atoms with E-state index >= 15 is 0 Å². The third-order valence-electron chi connectivity index (χ3n) is 4.41. The number of nitrogens with zero attached hydrogens (tertiary/aromatic N) is 1. The first-order chi connectivity index (χ1) is 10.7. The van der Waals surface area contributed by atoms with Crippen molar-refractivity contribution < 1.29 is 9.53 Å². The SMILES string of the molecule is CCCC[C@H](C(N)=O)N1CCC(OCc2ccccc2)CC1. The van der Waals surface area contributed by atoms with Crippen LogP contribution in [0.25, 0.3) is 0 Å². The number of benzene rings is 1. The van der Waals surface area contributed by atoms with E-state index in [-0.39, 0.29) is 18.1 Å². The van der Waals surface area contributed by atoms with Gasteiger partial charge < -0.3 is 10.5 Å². The minimum absolute atomic E-state index is 0.102. The van der Waals surface area contributed by atoms with Gasteiger partial charge in [-0.15, -0.1) is 0 Å². The zero-order chi connectivity index (χ0) is 15.8. The molecule has 0 aromatic heterocycles. The summed E-state index contributed by atoms with van der Waals surface area (Å²) in [4.78, 5) is 13.9. The molecule has 1 aromatic carbocycles. The molecule has 0 radical (unpaired) electrons. The second kappa shape index (κ2) is 8.91. The Hall–Kier alpha value is -1.39. The molecule has 1 aliphatic rings. The summed E-state index contributed by atoms with van der Waals surface area (Å²) in [5.41, 5.74) is 6.78. The molecule has 1 aliphatic heterocycles. The van der Waals surface area contributed by atoms with Crippen LogP contribution in [0.2, 0.25) is 0 Å². The molecule has 1 heterocycles. The second-order valence-electron chi connectivity index (χ2n) is 6.09. The molecule has 2 N–H and O–H groups in total. The largest absolute Gasteiger partial charge is 0.373 e. The molecule has 4 heteroatoms. The van der Waals surface area contributed by atoms with Crippen LogP contribution in [0.1, 0.15) is 44.6 Å². The summed E-state index contributed by atoms with van der Waals surface area (Å²) in [5.74, 6) is -0.183. The predicted octanol–water partition coefficient (Wildman–Crippen LogP) is 2.71. The highest BCUT2D eigenvalue weighted by atomic mass is 16.5. The van der Waals surface area contributed by atoms with Crippen molar-refractivity contribution in [2.24, 2.45) is 5.73 Å². The standard InChI is InChI=1S/C18H28N2O2/c1-2-3-9-17(18(19)21)20-12-10-16(11-13-20)22-14-15-7-5-4-6-8-15/h4-8,16-17H,2-3,9-14H2,1H3,(H2,19,21)/t17-/m1/s1. The molecular weight excluding hydrogens is 276 g/mol. The average Bonchev–Trinajstić information content (AvgIpc) is 2.55. The Morgan fingerprint density at radius 2 is 2.00 bits per heavy atom. The van der Waals surface area contributed by atoms with E-state index < -0.39 is 0 Å². The third kappa shape index (κ3) is 5.11. The van der Waals surface area contributed by atoms with Gasteiger partial charge in [-0.2, -0.15) is 0 Å². The maximum absolute atomic E-state index is 11.6. The summed E-state index contributed by atoms with van der Waals surface area (Å²) in [6.45, 7) is 4.61. The highest BCUT2D eigenvalue weighted by molar-refractivity contribution is 5.79. The van der Waals surface area contributed by atoms with E-state index in [0.717, 1.165) is 45.2 Å². The Bertz CT molecular complexity index is 442. The van der Waals surface area contributed by atoms with Crippen molar-refractivity contribution in [3.63, 3.8) is 0 Å². The maximum Gasteiger partial charge on any atom is 0.234 e. The number of hydrogen-bond acceptors (Lipinski definition) is 3. The molecule has 122 valence electrons. The van der Waals surface area contributed by atoms with Crippen LogP contribution in [-0.4, -0.2) is 36.0 Å². The molecule has 1 atom stereocenters. The average molecular weight is 304 g/mol. The van der Waals surface area contributed by atoms with Crippen LogP contribution in [0.15, 0.2) is 30.3 Å². The summed E-state index contributed by atoms with van der Waals surface area (Å²) >= 11 is 0. The molecule has 22 heavy (non-hydrogen) atoms. The van der Waals surface area contributed by atoms with Crippen LogP contribution < -0.4 is 5.73 Å². The minimum atomic E-state index is -0.183. The van der Waals surface area contributed by atoms with Gasteiger partial charge in [0.25, 0.3) is 0 Å². The smallest absolute Gasteiger partial charge is 0.234 e. The van der Waals surface area contributed by atoms with Gasteiger partial charge in [-0.1, -0.05) is 50.1 Å². The molecule has 2 rings (SSSR count). The fourth-order valence-electron chi connectivity index (χ4n) is 3.04. The van der Waals surface area contributed by atoms with Crippen molar-refractivity contribution in [3.05, 3.63) is 35.9 Å². The number of rotatable bonds is 8. The van der Waals surface area contributed by atoms with Crippen molar-refractivity contribution in [1.82, 2.24) is 4.90 Å². The zero-order valence-corrected chi connectivity index (χ0v) is 13.5. The van der Waals surface area contributed by atoms with Crippen molar-refractivity contribution in [3.8, 4) is 0 Å². The topological polar surface area (TPSA) is 55.6 Å². The molecule has 0 aliphatic carbocycles. The molecule has 0 bridgehead atoms. The predicted molar refractivity (Wildman–Crippen MR) is 88.3 cm³/mol. The van der Waals surface area contributed by atoms with E-state index in [4.69, 9.17) is 10.5 Å². The molecular formula is C18H28N2O2.